The summed E-state index contributed by atoms with van der Waals surface area (Å²) in [5.74, 6) is 0. The molecule has 2 fully saturated rings. The Balaban J connectivity index is 0.00000200. The average molecular weight is 339 g/mol. The van der Waals surface area contributed by atoms with Crippen molar-refractivity contribution in [2.45, 2.75) is 57.8 Å². The quantitative estimate of drug-likeness (QED) is 0.369. The van der Waals surface area contributed by atoms with Crippen LogP contribution >= 0.6 is 0 Å². The topological polar surface area (TPSA) is 0 Å². The number of likely N-dealkylation sites (tertiary alicyclic amines) is 2. The summed E-state index contributed by atoms with van der Waals surface area (Å²) < 4.78 is 2.73. The minimum absolute atomic E-state index is 0. The molecule has 21 heavy (non-hydrogen) atoms. The fourth-order valence-electron chi connectivity index (χ4n) is 4.16. The van der Waals surface area contributed by atoms with Crippen molar-refractivity contribution in [2.24, 2.45) is 0 Å². The second-order valence-electron chi connectivity index (χ2n) is 7.76. The van der Waals surface area contributed by atoms with E-state index in [1.165, 1.54) is 106 Å². The molecule has 0 aromatic carbocycles. The van der Waals surface area contributed by atoms with E-state index < -0.39 is 0 Å². The number of halogens is 2. The second kappa shape index (κ2) is 10.3. The average Bonchev–Trinajstić information content (AvgIpc) is 2.40. The van der Waals surface area contributed by atoms with Crippen molar-refractivity contribution in [1.82, 2.24) is 0 Å². The van der Waals surface area contributed by atoms with E-state index in [9.17, 15) is 0 Å². The summed E-state index contributed by atoms with van der Waals surface area (Å²) in [5, 5.41) is 0. The van der Waals surface area contributed by atoms with Crippen molar-refractivity contribution in [3.63, 3.8) is 0 Å². The Hall–Kier alpha value is 0.500. The Labute approximate surface area is 145 Å². The Morgan fingerprint density at radius 3 is 1.19 bits per heavy atom. The zero-order chi connectivity index (χ0) is 13.6. The van der Waals surface area contributed by atoms with E-state index >= 15 is 0 Å². The Morgan fingerprint density at radius 2 is 0.857 bits per heavy atom. The molecular formula is C17H36Cl2N2. The number of piperidine rings is 2. The lowest BCUT2D eigenvalue weighted by atomic mass is 10.1. The Bertz CT molecular complexity index is 234. The molecule has 0 unspecified atom stereocenters. The summed E-state index contributed by atoms with van der Waals surface area (Å²) in [6, 6.07) is 0. The fraction of sp³-hybridized carbons (Fsp3) is 1.00. The van der Waals surface area contributed by atoms with Crippen molar-refractivity contribution < 1.29 is 33.8 Å². The van der Waals surface area contributed by atoms with Crippen molar-refractivity contribution in [3.05, 3.63) is 0 Å². The van der Waals surface area contributed by atoms with E-state index in [4.69, 9.17) is 0 Å². The van der Waals surface area contributed by atoms with E-state index in [-0.39, 0.29) is 24.8 Å². The molecular weight excluding hydrogens is 303 g/mol. The minimum Gasteiger partial charge on any atom is -1.00 e. The van der Waals surface area contributed by atoms with E-state index in [1.54, 1.807) is 0 Å². The maximum atomic E-state index is 2.48. The van der Waals surface area contributed by atoms with Gasteiger partial charge in [-0.3, -0.25) is 0 Å². The normalized spacial score (nSPS) is 23.7. The van der Waals surface area contributed by atoms with Crippen LogP contribution in [0.3, 0.4) is 0 Å². The first kappa shape index (κ1) is 21.5. The van der Waals surface area contributed by atoms with Gasteiger partial charge in [-0.25, -0.2) is 0 Å². The molecule has 0 aromatic rings. The number of rotatable bonds is 6. The molecule has 0 radical (unpaired) electrons. The highest BCUT2D eigenvalue weighted by atomic mass is 35.5. The lowest BCUT2D eigenvalue weighted by Gasteiger charge is -2.39. The maximum absolute atomic E-state index is 2.48. The van der Waals surface area contributed by atoms with Crippen LogP contribution in [0.4, 0.5) is 0 Å². The Kier molecular flexibility index (Phi) is 10.6. The first-order valence-corrected chi connectivity index (χ1v) is 8.79. The third-order valence-corrected chi connectivity index (χ3v) is 5.69. The molecule has 0 N–H and O–H groups in total. The largest absolute Gasteiger partial charge is 1.00 e. The van der Waals surface area contributed by atoms with Crippen LogP contribution in [0.15, 0.2) is 0 Å². The molecule has 0 atom stereocenters. The molecule has 2 aliphatic rings. The van der Waals surface area contributed by atoms with Crippen LogP contribution in [-0.2, 0) is 0 Å². The van der Waals surface area contributed by atoms with Gasteiger partial charge in [0, 0.05) is 0 Å². The molecule has 2 aliphatic heterocycles. The highest BCUT2D eigenvalue weighted by Crippen LogP contribution is 2.19. The van der Waals surface area contributed by atoms with Gasteiger partial charge in [0.25, 0.3) is 0 Å². The van der Waals surface area contributed by atoms with Crippen LogP contribution in [0.2, 0.25) is 0 Å². The van der Waals surface area contributed by atoms with Crippen LogP contribution in [0.5, 0.6) is 0 Å². The van der Waals surface area contributed by atoms with Gasteiger partial charge in [0.05, 0.1) is 53.4 Å². The van der Waals surface area contributed by atoms with Gasteiger partial charge in [-0.05, 0) is 57.8 Å². The molecule has 2 heterocycles. The first-order valence-electron chi connectivity index (χ1n) is 8.79. The first-order chi connectivity index (χ1) is 9.12. The summed E-state index contributed by atoms with van der Waals surface area (Å²) in [4.78, 5) is 0. The van der Waals surface area contributed by atoms with Crippen molar-refractivity contribution in [2.75, 3.05) is 53.4 Å². The van der Waals surface area contributed by atoms with Crippen molar-refractivity contribution in [1.29, 1.82) is 0 Å². The van der Waals surface area contributed by atoms with Crippen molar-refractivity contribution in [3.8, 4) is 0 Å². The molecule has 2 saturated heterocycles. The van der Waals surface area contributed by atoms with Gasteiger partial charge in [0.1, 0.15) is 0 Å². The molecule has 2 rings (SSSR count). The molecule has 0 aliphatic carbocycles. The summed E-state index contributed by atoms with van der Waals surface area (Å²) in [7, 11) is 4.97. The highest BCUT2D eigenvalue weighted by Gasteiger charge is 2.25. The maximum Gasteiger partial charge on any atom is 0.0784 e. The number of nitrogens with zero attached hydrogens (tertiary/aromatic N) is 2. The van der Waals surface area contributed by atoms with E-state index in [0.717, 1.165) is 0 Å². The molecule has 2 nitrogen and oxygen atoms in total. The summed E-state index contributed by atoms with van der Waals surface area (Å²) in [5.41, 5.74) is 0. The van der Waals surface area contributed by atoms with Crippen LogP contribution in [0.25, 0.3) is 0 Å². The molecule has 0 spiro atoms. The highest BCUT2D eigenvalue weighted by molar-refractivity contribution is 4.54. The lowest BCUT2D eigenvalue weighted by molar-refractivity contribution is -0.916. The van der Waals surface area contributed by atoms with Gasteiger partial charge < -0.3 is 33.8 Å². The van der Waals surface area contributed by atoms with Crippen molar-refractivity contribution >= 4 is 0 Å². The van der Waals surface area contributed by atoms with Crippen LogP contribution in [0.1, 0.15) is 57.8 Å². The van der Waals surface area contributed by atoms with Gasteiger partial charge in [-0.15, -0.1) is 0 Å². The van der Waals surface area contributed by atoms with Crippen LogP contribution in [0, 0.1) is 0 Å². The summed E-state index contributed by atoms with van der Waals surface area (Å²) in [6.45, 7) is 8.62. The Morgan fingerprint density at radius 1 is 0.524 bits per heavy atom. The smallest absolute Gasteiger partial charge is 0.0784 e. The second-order valence-corrected chi connectivity index (χ2v) is 7.76. The zero-order valence-electron chi connectivity index (χ0n) is 14.3. The number of quaternary nitrogens is 2. The van der Waals surface area contributed by atoms with Gasteiger partial charge >= 0.3 is 0 Å². The fourth-order valence-corrected chi connectivity index (χ4v) is 4.16. The zero-order valence-corrected chi connectivity index (χ0v) is 15.8. The predicted octanol–water partition coefficient (Wildman–Crippen LogP) is -2.57. The number of hydrogen-bond donors (Lipinski definition) is 0. The molecule has 0 aromatic heterocycles. The molecule has 128 valence electrons. The minimum atomic E-state index is 0. The SMILES string of the molecule is C[N+]1(CCCCC[N+]2(C)CCCCC2)CCCCC1.[Cl-].[Cl-]. The molecule has 0 amide bonds. The standard InChI is InChI=1S/C17H36N2.2ClH/c1-18(12-6-3-7-13-18)16-10-5-11-17-19(2)14-8-4-9-15-19;;/h3-17H2,1-2H3;2*1H/q+2;;/p-2. The van der Waals surface area contributed by atoms with Gasteiger partial charge in [0.15, 0.2) is 0 Å². The number of hydrogen-bond acceptors (Lipinski definition) is 0. The van der Waals surface area contributed by atoms with E-state index in [2.05, 4.69) is 14.1 Å². The summed E-state index contributed by atoms with van der Waals surface area (Å²) in [6.07, 6.45) is 13.2. The molecule has 0 bridgehead atoms. The van der Waals surface area contributed by atoms with Crippen LogP contribution < -0.4 is 24.8 Å². The third kappa shape index (κ3) is 7.54. The summed E-state index contributed by atoms with van der Waals surface area (Å²) >= 11 is 0. The van der Waals surface area contributed by atoms with Gasteiger partial charge in [-0.1, -0.05) is 0 Å². The predicted molar refractivity (Wildman–Crippen MR) is 83.1 cm³/mol. The molecule has 0 saturated carbocycles. The number of unbranched alkanes of at least 4 members (excludes halogenated alkanes) is 2. The van der Waals surface area contributed by atoms with Gasteiger partial charge in [0.2, 0.25) is 0 Å². The van der Waals surface area contributed by atoms with E-state index in [1.807, 2.05) is 0 Å². The molecule has 4 heteroatoms. The third-order valence-electron chi connectivity index (χ3n) is 5.69. The van der Waals surface area contributed by atoms with E-state index in [0.29, 0.717) is 0 Å². The van der Waals surface area contributed by atoms with Crippen LogP contribution in [-0.4, -0.2) is 62.3 Å². The lowest BCUT2D eigenvalue weighted by Crippen LogP contribution is -3.00. The van der Waals surface area contributed by atoms with Gasteiger partial charge in [-0.2, -0.15) is 0 Å². The monoisotopic (exact) mass is 338 g/mol.